The number of nitrogens with one attached hydrogen (secondary N) is 1. The topological polar surface area (TPSA) is 84.3 Å². The number of amides is 3. The molecule has 5 rings (SSSR count). The van der Waals surface area contributed by atoms with Gasteiger partial charge in [0, 0.05) is 23.6 Å². The molecule has 1 fully saturated rings. The maximum atomic E-state index is 13.8. The molecule has 0 radical (unpaired) electrons. The zero-order chi connectivity index (χ0) is 23.9. The SMILES string of the molecule is CCn1c(-c2ccccc2)c(C(=O)CN2C(=O)NC(C)(c3ccccn3)C2=O)c2ccccc21. The number of aromatic nitrogens is 2. The molecule has 1 aliphatic rings. The summed E-state index contributed by atoms with van der Waals surface area (Å²) in [6.45, 7) is 3.95. The minimum absolute atomic E-state index is 0.295. The van der Waals surface area contributed by atoms with E-state index in [1.54, 1.807) is 31.3 Å². The van der Waals surface area contributed by atoms with Gasteiger partial charge >= 0.3 is 6.03 Å². The lowest BCUT2D eigenvalue weighted by molar-refractivity contribution is -0.130. The molecule has 1 N–H and O–H groups in total. The van der Waals surface area contributed by atoms with Crippen molar-refractivity contribution >= 4 is 28.6 Å². The average molecular weight is 453 g/mol. The zero-order valence-corrected chi connectivity index (χ0v) is 19.0. The highest BCUT2D eigenvalue weighted by atomic mass is 16.2. The van der Waals surface area contributed by atoms with E-state index in [2.05, 4.69) is 14.9 Å². The zero-order valence-electron chi connectivity index (χ0n) is 19.0. The number of carbonyl (C=O) groups is 3. The van der Waals surface area contributed by atoms with E-state index < -0.39 is 17.5 Å². The Bertz CT molecular complexity index is 1410. The van der Waals surface area contributed by atoms with Crippen LogP contribution < -0.4 is 5.32 Å². The van der Waals surface area contributed by atoms with E-state index in [4.69, 9.17) is 0 Å². The van der Waals surface area contributed by atoms with E-state index >= 15 is 0 Å². The lowest BCUT2D eigenvalue weighted by Gasteiger charge is -2.20. The molecule has 1 unspecified atom stereocenters. The Morgan fingerprint density at radius 2 is 1.68 bits per heavy atom. The molecule has 1 atom stereocenters. The first-order valence-corrected chi connectivity index (χ1v) is 11.2. The van der Waals surface area contributed by atoms with Crippen LogP contribution in [0, 0.1) is 0 Å². The minimum Gasteiger partial charge on any atom is -0.340 e. The molecule has 1 saturated heterocycles. The fourth-order valence-corrected chi connectivity index (χ4v) is 4.71. The fourth-order valence-electron chi connectivity index (χ4n) is 4.71. The molecule has 2 aromatic heterocycles. The molecule has 34 heavy (non-hydrogen) atoms. The first-order valence-electron chi connectivity index (χ1n) is 11.2. The van der Waals surface area contributed by atoms with Crippen LogP contribution in [0.3, 0.4) is 0 Å². The van der Waals surface area contributed by atoms with Gasteiger partial charge in [-0.15, -0.1) is 0 Å². The number of para-hydroxylation sites is 1. The molecule has 3 heterocycles. The van der Waals surface area contributed by atoms with Crippen LogP contribution in [0.2, 0.25) is 0 Å². The molecule has 1 aliphatic heterocycles. The molecule has 0 spiro atoms. The number of hydrogen-bond acceptors (Lipinski definition) is 4. The molecule has 170 valence electrons. The molecular formula is C27H24N4O3. The summed E-state index contributed by atoms with van der Waals surface area (Å²) in [5.41, 5.74) is 2.24. The van der Waals surface area contributed by atoms with Crippen molar-refractivity contribution in [2.75, 3.05) is 6.54 Å². The summed E-state index contributed by atoms with van der Waals surface area (Å²) in [5, 5.41) is 3.52. The van der Waals surface area contributed by atoms with Crippen LogP contribution in [-0.2, 0) is 16.9 Å². The number of fused-ring (bicyclic) bond motifs is 1. The summed E-state index contributed by atoms with van der Waals surface area (Å²) < 4.78 is 2.10. The van der Waals surface area contributed by atoms with Crippen molar-refractivity contribution in [3.05, 3.63) is 90.3 Å². The van der Waals surface area contributed by atoms with E-state index in [1.165, 1.54) is 0 Å². The molecule has 0 aliphatic carbocycles. The summed E-state index contributed by atoms with van der Waals surface area (Å²) >= 11 is 0. The normalized spacial score (nSPS) is 17.9. The third-order valence-corrected chi connectivity index (χ3v) is 6.37. The van der Waals surface area contributed by atoms with Gasteiger partial charge in [-0.25, -0.2) is 4.79 Å². The van der Waals surface area contributed by atoms with Gasteiger partial charge < -0.3 is 9.88 Å². The minimum atomic E-state index is -1.32. The predicted octanol–water partition coefficient (Wildman–Crippen LogP) is 4.37. The largest absolute Gasteiger partial charge is 0.340 e. The second-order valence-electron chi connectivity index (χ2n) is 8.44. The summed E-state index contributed by atoms with van der Waals surface area (Å²) in [7, 11) is 0. The summed E-state index contributed by atoms with van der Waals surface area (Å²) in [6.07, 6.45) is 1.57. The first-order chi connectivity index (χ1) is 16.5. The van der Waals surface area contributed by atoms with Crippen LogP contribution in [0.25, 0.3) is 22.2 Å². The Hall–Kier alpha value is -4.26. The molecule has 4 aromatic rings. The van der Waals surface area contributed by atoms with Gasteiger partial charge in [-0.2, -0.15) is 0 Å². The predicted molar refractivity (Wildman–Crippen MR) is 129 cm³/mol. The Labute approximate surface area is 197 Å². The fraction of sp³-hybridized carbons (Fsp3) is 0.185. The Balaban J connectivity index is 1.58. The van der Waals surface area contributed by atoms with Crippen molar-refractivity contribution in [3.63, 3.8) is 0 Å². The van der Waals surface area contributed by atoms with E-state index in [1.807, 2.05) is 61.5 Å². The number of pyridine rings is 1. The van der Waals surface area contributed by atoms with Gasteiger partial charge in [0.05, 0.1) is 23.5 Å². The number of hydrogen-bond donors (Lipinski definition) is 1. The van der Waals surface area contributed by atoms with Crippen molar-refractivity contribution in [1.82, 2.24) is 19.8 Å². The number of aryl methyl sites for hydroxylation is 1. The van der Waals surface area contributed by atoms with Gasteiger partial charge in [0.25, 0.3) is 5.91 Å². The van der Waals surface area contributed by atoms with Crippen LogP contribution in [0.15, 0.2) is 79.0 Å². The standard InChI is InChI=1S/C27H24N4O3/c1-3-30-20-14-8-7-13-19(20)23(24(30)18-11-5-4-6-12-18)21(32)17-31-25(33)27(2,29-26(31)34)22-15-9-10-16-28-22/h4-16H,3,17H2,1-2H3,(H,29,34). The van der Waals surface area contributed by atoms with Gasteiger partial charge in [0.15, 0.2) is 11.3 Å². The van der Waals surface area contributed by atoms with Crippen LogP contribution in [0.1, 0.15) is 29.9 Å². The Morgan fingerprint density at radius 3 is 2.38 bits per heavy atom. The third-order valence-electron chi connectivity index (χ3n) is 6.37. The van der Waals surface area contributed by atoms with Crippen LogP contribution in [0.4, 0.5) is 4.79 Å². The van der Waals surface area contributed by atoms with Crippen LogP contribution >= 0.6 is 0 Å². The van der Waals surface area contributed by atoms with Crippen molar-refractivity contribution in [3.8, 4) is 11.3 Å². The quantitative estimate of drug-likeness (QED) is 0.348. The number of ketones is 1. The number of imide groups is 1. The van der Waals surface area contributed by atoms with Crippen molar-refractivity contribution in [2.24, 2.45) is 0 Å². The Kier molecular flexibility index (Phi) is 5.24. The van der Waals surface area contributed by atoms with E-state index in [0.717, 1.165) is 27.1 Å². The lowest BCUT2D eigenvalue weighted by Crippen LogP contribution is -2.42. The highest BCUT2D eigenvalue weighted by Gasteiger charge is 2.50. The highest BCUT2D eigenvalue weighted by molar-refractivity contribution is 6.17. The van der Waals surface area contributed by atoms with Crippen LogP contribution in [0.5, 0.6) is 0 Å². The molecule has 2 aromatic carbocycles. The van der Waals surface area contributed by atoms with Gasteiger partial charge in [0.1, 0.15) is 0 Å². The summed E-state index contributed by atoms with van der Waals surface area (Å²) in [5.74, 6) is -0.791. The molecule has 7 heteroatoms. The maximum absolute atomic E-state index is 13.8. The van der Waals surface area contributed by atoms with Crippen molar-refractivity contribution < 1.29 is 14.4 Å². The lowest BCUT2D eigenvalue weighted by atomic mass is 9.97. The second kappa shape index (κ2) is 8.26. The second-order valence-corrected chi connectivity index (χ2v) is 8.44. The number of nitrogens with zero attached hydrogens (tertiary/aromatic N) is 3. The Morgan fingerprint density at radius 1 is 0.971 bits per heavy atom. The summed E-state index contributed by atoms with van der Waals surface area (Å²) in [4.78, 5) is 45.2. The summed E-state index contributed by atoms with van der Waals surface area (Å²) in [6, 6.07) is 22.0. The first kappa shape index (κ1) is 21.6. The van der Waals surface area contributed by atoms with Gasteiger partial charge in [-0.1, -0.05) is 54.6 Å². The van der Waals surface area contributed by atoms with E-state index in [0.29, 0.717) is 17.8 Å². The van der Waals surface area contributed by atoms with Gasteiger partial charge in [0.2, 0.25) is 0 Å². The van der Waals surface area contributed by atoms with Crippen molar-refractivity contribution in [1.29, 1.82) is 0 Å². The number of urea groups is 1. The molecule has 0 saturated carbocycles. The number of benzene rings is 2. The monoisotopic (exact) mass is 452 g/mol. The number of Topliss-reactive ketones (excluding diaryl/α,β-unsaturated/α-hetero) is 1. The van der Waals surface area contributed by atoms with Crippen LogP contribution in [-0.4, -0.2) is 38.7 Å². The number of rotatable bonds is 6. The average Bonchev–Trinajstić information content (AvgIpc) is 3.32. The molecule has 0 bridgehead atoms. The van der Waals surface area contributed by atoms with Gasteiger partial charge in [-0.3, -0.25) is 19.5 Å². The smallest absolute Gasteiger partial charge is 0.325 e. The molecular weight excluding hydrogens is 428 g/mol. The van der Waals surface area contributed by atoms with E-state index in [-0.39, 0.29) is 12.3 Å². The van der Waals surface area contributed by atoms with E-state index in [9.17, 15) is 14.4 Å². The van der Waals surface area contributed by atoms with Gasteiger partial charge in [-0.05, 0) is 37.6 Å². The maximum Gasteiger partial charge on any atom is 0.325 e. The molecule has 3 amide bonds. The number of carbonyl (C=O) groups excluding carboxylic acids is 3. The third kappa shape index (κ3) is 3.28. The van der Waals surface area contributed by atoms with Crippen molar-refractivity contribution in [2.45, 2.75) is 25.9 Å². The highest BCUT2D eigenvalue weighted by Crippen LogP contribution is 2.35. The molecule has 7 nitrogen and oxygen atoms in total.